The first-order valence-electron chi connectivity index (χ1n) is 11.2. The van der Waals surface area contributed by atoms with Gasteiger partial charge < -0.3 is 15.1 Å². The van der Waals surface area contributed by atoms with Gasteiger partial charge >= 0.3 is 0 Å². The first-order valence-corrected chi connectivity index (χ1v) is 12.4. The van der Waals surface area contributed by atoms with E-state index in [1.165, 1.54) is 31.0 Å². The lowest BCUT2D eigenvalue weighted by atomic mass is 10.0. The van der Waals surface area contributed by atoms with Crippen LogP contribution in [0.2, 0.25) is 0 Å². The van der Waals surface area contributed by atoms with Crippen molar-refractivity contribution >= 4 is 28.9 Å². The minimum Gasteiger partial charge on any atom is -0.364 e. The van der Waals surface area contributed by atoms with E-state index < -0.39 is 0 Å². The van der Waals surface area contributed by atoms with E-state index in [-0.39, 0.29) is 5.91 Å². The fraction of sp³-hybridized carbons (Fsp3) is 0.346. The SMILES string of the molecule is C=C/C=C(\C=C(/N(C)C)N1CCCCC1)c1cc(NC(=O)c2ccnc(SC)c2)cnc1C. The number of thioether (sulfide) groups is 1. The third-order valence-electron chi connectivity index (χ3n) is 5.58. The van der Waals surface area contributed by atoms with Gasteiger partial charge in [-0.1, -0.05) is 18.7 Å². The third kappa shape index (κ3) is 6.48. The highest BCUT2D eigenvalue weighted by Gasteiger charge is 2.17. The molecule has 1 saturated heterocycles. The Hall–Kier alpha value is -3.06. The fourth-order valence-corrected chi connectivity index (χ4v) is 4.28. The van der Waals surface area contributed by atoms with Crippen LogP contribution in [0, 0.1) is 6.92 Å². The van der Waals surface area contributed by atoms with E-state index in [1.807, 2.05) is 25.3 Å². The molecule has 0 spiro atoms. The number of aryl methyl sites for hydroxylation is 1. The fourth-order valence-electron chi connectivity index (χ4n) is 3.87. The van der Waals surface area contributed by atoms with E-state index in [2.05, 4.69) is 51.8 Å². The van der Waals surface area contributed by atoms with Gasteiger partial charge in [-0.25, -0.2) is 4.98 Å². The van der Waals surface area contributed by atoms with Crippen LogP contribution in [-0.4, -0.2) is 59.1 Å². The Labute approximate surface area is 201 Å². The molecule has 6 nitrogen and oxygen atoms in total. The van der Waals surface area contributed by atoms with E-state index in [4.69, 9.17) is 0 Å². The number of pyridine rings is 2. The summed E-state index contributed by atoms with van der Waals surface area (Å²) in [4.78, 5) is 26.2. The molecule has 33 heavy (non-hydrogen) atoms. The topological polar surface area (TPSA) is 61.4 Å². The minimum absolute atomic E-state index is 0.184. The second-order valence-electron chi connectivity index (χ2n) is 8.20. The molecule has 1 amide bonds. The number of carbonyl (C=O) groups is 1. The quantitative estimate of drug-likeness (QED) is 0.428. The highest BCUT2D eigenvalue weighted by atomic mass is 32.2. The number of rotatable bonds is 8. The molecule has 0 aliphatic carbocycles. The molecule has 0 unspecified atom stereocenters. The molecule has 1 aliphatic heterocycles. The van der Waals surface area contributed by atoms with E-state index in [0.29, 0.717) is 11.3 Å². The van der Waals surface area contributed by atoms with Gasteiger partial charge in [-0.05, 0) is 62.3 Å². The lowest BCUT2D eigenvalue weighted by Crippen LogP contribution is -2.35. The zero-order valence-corrected chi connectivity index (χ0v) is 20.8. The smallest absolute Gasteiger partial charge is 0.255 e. The minimum atomic E-state index is -0.184. The Kier molecular flexibility index (Phi) is 8.72. The monoisotopic (exact) mass is 463 g/mol. The van der Waals surface area contributed by atoms with Gasteiger partial charge in [0.25, 0.3) is 5.91 Å². The molecule has 174 valence electrons. The molecular formula is C26H33N5OS. The summed E-state index contributed by atoms with van der Waals surface area (Å²) in [6, 6.07) is 5.48. The van der Waals surface area contributed by atoms with Gasteiger partial charge in [-0.3, -0.25) is 9.78 Å². The number of nitrogens with one attached hydrogen (secondary N) is 1. The van der Waals surface area contributed by atoms with E-state index in [1.54, 1.807) is 30.6 Å². The van der Waals surface area contributed by atoms with Crippen LogP contribution in [0.15, 0.2) is 66.2 Å². The number of aromatic nitrogens is 2. The molecule has 0 aromatic carbocycles. The number of allylic oxidation sites excluding steroid dienone is 4. The number of carbonyl (C=O) groups excluding carboxylic acids is 1. The van der Waals surface area contributed by atoms with Crippen molar-refractivity contribution in [2.75, 3.05) is 38.8 Å². The van der Waals surface area contributed by atoms with Crippen LogP contribution >= 0.6 is 11.8 Å². The molecule has 0 radical (unpaired) electrons. The number of piperidine rings is 1. The molecule has 0 atom stereocenters. The summed E-state index contributed by atoms with van der Waals surface area (Å²) in [5, 5.41) is 3.79. The van der Waals surface area contributed by atoms with E-state index in [0.717, 1.165) is 40.8 Å². The number of hydrogen-bond acceptors (Lipinski definition) is 6. The largest absolute Gasteiger partial charge is 0.364 e. The van der Waals surface area contributed by atoms with Crippen LogP contribution in [0.5, 0.6) is 0 Å². The summed E-state index contributed by atoms with van der Waals surface area (Å²) in [6.07, 6.45) is 15.0. The second-order valence-corrected chi connectivity index (χ2v) is 9.03. The number of hydrogen-bond donors (Lipinski definition) is 1. The maximum Gasteiger partial charge on any atom is 0.255 e. The molecule has 2 aromatic rings. The van der Waals surface area contributed by atoms with Crippen LogP contribution in [0.3, 0.4) is 0 Å². The zero-order chi connectivity index (χ0) is 23.8. The maximum absolute atomic E-state index is 12.8. The van der Waals surface area contributed by atoms with Gasteiger partial charge in [0, 0.05) is 50.2 Å². The predicted octanol–water partition coefficient (Wildman–Crippen LogP) is 5.22. The van der Waals surface area contributed by atoms with Crippen molar-refractivity contribution in [3.63, 3.8) is 0 Å². The predicted molar refractivity (Wildman–Crippen MR) is 138 cm³/mol. The first kappa shape index (κ1) is 24.6. The summed E-state index contributed by atoms with van der Waals surface area (Å²) >= 11 is 1.51. The average Bonchev–Trinajstić information content (AvgIpc) is 2.83. The summed E-state index contributed by atoms with van der Waals surface area (Å²) in [6.45, 7) is 8.01. The highest BCUT2D eigenvalue weighted by molar-refractivity contribution is 7.98. The Morgan fingerprint density at radius 3 is 2.64 bits per heavy atom. The molecular weight excluding hydrogens is 430 g/mol. The standard InChI is InChI=1S/C26H33N5OS/c1-6-10-20(16-25(30(3)4)31-13-8-7-9-14-31)23-17-22(18-28-19(23)2)29-26(32)21-11-12-27-24(15-21)33-5/h6,10-12,15-18H,1,7-9,13-14H2,2-5H3,(H,29,32)/b20-10+,25-16+. The normalized spacial score (nSPS) is 14.7. The maximum atomic E-state index is 12.8. The molecule has 0 bridgehead atoms. The van der Waals surface area contributed by atoms with Crippen LogP contribution < -0.4 is 5.32 Å². The van der Waals surface area contributed by atoms with Gasteiger partial charge in [0.1, 0.15) is 5.82 Å². The Morgan fingerprint density at radius 1 is 1.21 bits per heavy atom. The van der Waals surface area contributed by atoms with Crippen LogP contribution in [0.1, 0.15) is 40.9 Å². The number of likely N-dealkylation sites (tertiary alicyclic amines) is 1. The van der Waals surface area contributed by atoms with E-state index >= 15 is 0 Å². The lowest BCUT2D eigenvalue weighted by Gasteiger charge is -2.35. The van der Waals surface area contributed by atoms with Crippen molar-refractivity contribution in [2.24, 2.45) is 0 Å². The summed E-state index contributed by atoms with van der Waals surface area (Å²) in [5.74, 6) is 0.981. The Balaban J connectivity index is 1.92. The lowest BCUT2D eigenvalue weighted by molar-refractivity contribution is 0.102. The molecule has 3 heterocycles. The van der Waals surface area contributed by atoms with Gasteiger partial charge in [0.2, 0.25) is 0 Å². The highest BCUT2D eigenvalue weighted by Crippen LogP contribution is 2.26. The molecule has 2 aromatic heterocycles. The molecule has 1 aliphatic rings. The van der Waals surface area contributed by atoms with Crippen molar-refractivity contribution in [3.05, 3.63) is 78.0 Å². The van der Waals surface area contributed by atoms with Crippen molar-refractivity contribution in [1.29, 1.82) is 0 Å². The zero-order valence-electron chi connectivity index (χ0n) is 20.0. The van der Waals surface area contributed by atoms with Gasteiger partial charge in [0.05, 0.1) is 16.9 Å². The molecule has 0 saturated carbocycles. The molecule has 1 N–H and O–H groups in total. The summed E-state index contributed by atoms with van der Waals surface area (Å²) < 4.78 is 0. The van der Waals surface area contributed by atoms with Gasteiger partial charge in [-0.2, -0.15) is 0 Å². The van der Waals surface area contributed by atoms with Crippen LogP contribution in [0.4, 0.5) is 5.69 Å². The number of amides is 1. The van der Waals surface area contributed by atoms with Crippen molar-refractivity contribution in [3.8, 4) is 0 Å². The molecule has 3 rings (SSSR count). The Bertz CT molecular complexity index is 1050. The second kappa shape index (κ2) is 11.7. The van der Waals surface area contributed by atoms with Gasteiger partial charge in [-0.15, -0.1) is 11.8 Å². The van der Waals surface area contributed by atoms with Crippen molar-refractivity contribution < 1.29 is 4.79 Å². The molecule has 1 fully saturated rings. The average molecular weight is 464 g/mol. The summed E-state index contributed by atoms with van der Waals surface area (Å²) in [5.41, 5.74) is 4.08. The van der Waals surface area contributed by atoms with Crippen LogP contribution in [0.25, 0.3) is 5.57 Å². The number of nitrogens with zero attached hydrogens (tertiary/aromatic N) is 4. The van der Waals surface area contributed by atoms with Crippen molar-refractivity contribution in [2.45, 2.75) is 31.2 Å². The Morgan fingerprint density at radius 2 is 1.97 bits per heavy atom. The number of anilines is 1. The van der Waals surface area contributed by atoms with Crippen molar-refractivity contribution in [1.82, 2.24) is 19.8 Å². The summed E-state index contributed by atoms with van der Waals surface area (Å²) in [7, 11) is 4.15. The van der Waals surface area contributed by atoms with E-state index in [9.17, 15) is 4.79 Å². The third-order valence-corrected chi connectivity index (χ3v) is 6.22. The van der Waals surface area contributed by atoms with Crippen LogP contribution in [-0.2, 0) is 0 Å². The molecule has 7 heteroatoms. The first-order chi connectivity index (χ1) is 15.9. The van der Waals surface area contributed by atoms with Gasteiger partial charge in [0.15, 0.2) is 0 Å².